The summed E-state index contributed by atoms with van der Waals surface area (Å²) >= 11 is 5.82. The summed E-state index contributed by atoms with van der Waals surface area (Å²) in [6, 6.07) is 7.62. The molecule has 7 nitrogen and oxygen atoms in total. The first-order chi connectivity index (χ1) is 14.4. The molecule has 1 aromatic heterocycles. The summed E-state index contributed by atoms with van der Waals surface area (Å²) in [7, 11) is 0. The van der Waals surface area contributed by atoms with Crippen LogP contribution in [0.2, 0.25) is 5.28 Å². The number of amides is 1. The molecule has 9 heteroatoms. The minimum absolute atomic E-state index is 0.0205. The van der Waals surface area contributed by atoms with E-state index in [-0.39, 0.29) is 40.8 Å². The monoisotopic (exact) mass is 432 g/mol. The average Bonchev–Trinajstić information content (AvgIpc) is 3.26. The van der Waals surface area contributed by atoms with Crippen LogP contribution in [-0.2, 0) is 11.2 Å². The molecule has 0 aliphatic heterocycles. The van der Waals surface area contributed by atoms with Gasteiger partial charge in [0.1, 0.15) is 0 Å². The SMILES string of the molecule is NC(=O)[C@H]1[C@@H]2CC(CNCCc3cccc(N)c3)[C@@H](C2)[C@H]1Nc1nc(Cl)ncc1F. The lowest BCUT2D eigenvalue weighted by Gasteiger charge is -2.35. The number of aromatic nitrogens is 2. The molecule has 1 aromatic carbocycles. The van der Waals surface area contributed by atoms with Crippen molar-refractivity contribution >= 4 is 29.0 Å². The zero-order chi connectivity index (χ0) is 21.3. The topological polar surface area (TPSA) is 119 Å². The summed E-state index contributed by atoms with van der Waals surface area (Å²) in [5.41, 5.74) is 13.5. The fraction of sp³-hybridized carbons (Fsp3) is 0.476. The number of hydrogen-bond donors (Lipinski definition) is 4. The number of nitrogens with two attached hydrogens (primary N) is 2. The van der Waals surface area contributed by atoms with Gasteiger partial charge in [0, 0.05) is 11.7 Å². The molecule has 5 atom stereocenters. The minimum Gasteiger partial charge on any atom is -0.399 e. The third-order valence-electron chi connectivity index (χ3n) is 6.44. The molecular formula is C21H26ClFN6O. The van der Waals surface area contributed by atoms with Gasteiger partial charge in [-0.1, -0.05) is 12.1 Å². The van der Waals surface area contributed by atoms with Gasteiger partial charge < -0.3 is 22.1 Å². The van der Waals surface area contributed by atoms with Gasteiger partial charge in [0.25, 0.3) is 0 Å². The van der Waals surface area contributed by atoms with Gasteiger partial charge in [0.2, 0.25) is 11.2 Å². The Balaban J connectivity index is 1.38. The molecule has 4 rings (SSSR count). The lowest BCUT2D eigenvalue weighted by atomic mass is 9.77. The number of nitrogen functional groups attached to an aromatic ring is 1. The Bertz CT molecular complexity index is 928. The van der Waals surface area contributed by atoms with Gasteiger partial charge in [-0.25, -0.2) is 9.37 Å². The molecule has 1 heterocycles. The van der Waals surface area contributed by atoms with Crippen LogP contribution in [0.15, 0.2) is 30.5 Å². The van der Waals surface area contributed by atoms with Crippen LogP contribution in [0.5, 0.6) is 0 Å². The van der Waals surface area contributed by atoms with Crippen LogP contribution in [0.25, 0.3) is 0 Å². The van der Waals surface area contributed by atoms with Crippen molar-refractivity contribution < 1.29 is 9.18 Å². The Morgan fingerprint density at radius 3 is 2.93 bits per heavy atom. The summed E-state index contributed by atoms with van der Waals surface area (Å²) in [5.74, 6) is -0.481. The highest BCUT2D eigenvalue weighted by Crippen LogP contribution is 2.52. The number of anilines is 2. The molecule has 2 saturated carbocycles. The second-order valence-electron chi connectivity index (χ2n) is 8.29. The van der Waals surface area contributed by atoms with E-state index in [1.165, 1.54) is 5.56 Å². The number of fused-ring (bicyclic) bond motifs is 2. The summed E-state index contributed by atoms with van der Waals surface area (Å²) in [4.78, 5) is 19.7. The lowest BCUT2D eigenvalue weighted by molar-refractivity contribution is -0.123. The minimum atomic E-state index is -0.595. The van der Waals surface area contributed by atoms with E-state index in [2.05, 4.69) is 26.7 Å². The maximum atomic E-state index is 14.1. The number of carbonyl (C=O) groups is 1. The van der Waals surface area contributed by atoms with E-state index < -0.39 is 5.82 Å². The van der Waals surface area contributed by atoms with Gasteiger partial charge in [0.05, 0.1) is 12.1 Å². The Morgan fingerprint density at radius 2 is 2.17 bits per heavy atom. The van der Waals surface area contributed by atoms with Crippen LogP contribution in [0.3, 0.4) is 0 Å². The molecule has 0 saturated heterocycles. The fourth-order valence-electron chi connectivity index (χ4n) is 5.21. The predicted molar refractivity (Wildman–Crippen MR) is 114 cm³/mol. The second-order valence-corrected chi connectivity index (χ2v) is 8.63. The summed E-state index contributed by atoms with van der Waals surface area (Å²) in [6.45, 7) is 1.67. The Hall–Kier alpha value is -2.45. The van der Waals surface area contributed by atoms with E-state index in [0.29, 0.717) is 5.92 Å². The van der Waals surface area contributed by atoms with Crippen molar-refractivity contribution in [1.29, 1.82) is 0 Å². The van der Waals surface area contributed by atoms with Crippen molar-refractivity contribution in [2.75, 3.05) is 24.1 Å². The van der Waals surface area contributed by atoms with E-state index in [9.17, 15) is 9.18 Å². The molecule has 0 radical (unpaired) electrons. The highest BCUT2D eigenvalue weighted by molar-refractivity contribution is 6.28. The van der Waals surface area contributed by atoms with Crippen LogP contribution in [-0.4, -0.2) is 35.0 Å². The molecule has 2 bridgehead atoms. The van der Waals surface area contributed by atoms with Gasteiger partial charge in [-0.2, -0.15) is 4.98 Å². The van der Waals surface area contributed by atoms with Crippen molar-refractivity contribution in [3.8, 4) is 0 Å². The lowest BCUT2D eigenvalue weighted by Crippen LogP contribution is -2.47. The first kappa shape index (κ1) is 20.8. The van der Waals surface area contributed by atoms with Gasteiger partial charge in [-0.15, -0.1) is 0 Å². The van der Waals surface area contributed by atoms with Gasteiger partial charge in [-0.3, -0.25) is 4.79 Å². The Labute approximate surface area is 179 Å². The van der Waals surface area contributed by atoms with Crippen LogP contribution in [0.1, 0.15) is 18.4 Å². The zero-order valence-electron chi connectivity index (χ0n) is 16.5. The first-order valence-electron chi connectivity index (χ1n) is 10.2. The van der Waals surface area contributed by atoms with Gasteiger partial charge >= 0.3 is 0 Å². The number of nitrogens with zero attached hydrogens (tertiary/aromatic N) is 2. The molecule has 1 amide bonds. The Morgan fingerprint density at radius 1 is 1.33 bits per heavy atom. The molecule has 30 heavy (non-hydrogen) atoms. The van der Waals surface area contributed by atoms with E-state index in [0.717, 1.165) is 44.2 Å². The predicted octanol–water partition coefficient (Wildman–Crippen LogP) is 2.22. The third-order valence-corrected chi connectivity index (χ3v) is 6.62. The third kappa shape index (κ3) is 4.34. The molecule has 1 unspecified atom stereocenters. The van der Waals surface area contributed by atoms with Crippen LogP contribution < -0.4 is 22.1 Å². The first-order valence-corrected chi connectivity index (χ1v) is 10.6. The van der Waals surface area contributed by atoms with Crippen molar-refractivity contribution in [3.05, 3.63) is 47.1 Å². The fourth-order valence-corrected chi connectivity index (χ4v) is 5.34. The molecule has 2 aliphatic rings. The molecule has 2 aliphatic carbocycles. The average molecular weight is 433 g/mol. The number of benzene rings is 1. The summed E-state index contributed by atoms with van der Waals surface area (Å²) in [6.07, 6.45) is 3.75. The van der Waals surface area contributed by atoms with Gasteiger partial charge in [0.15, 0.2) is 11.6 Å². The van der Waals surface area contributed by atoms with Crippen molar-refractivity contribution in [3.63, 3.8) is 0 Å². The maximum Gasteiger partial charge on any atom is 0.224 e. The largest absolute Gasteiger partial charge is 0.399 e. The zero-order valence-corrected chi connectivity index (χ0v) is 17.3. The Kier molecular flexibility index (Phi) is 6.06. The molecule has 2 fully saturated rings. The highest BCUT2D eigenvalue weighted by atomic mass is 35.5. The summed E-state index contributed by atoms with van der Waals surface area (Å²) in [5, 5.41) is 6.59. The van der Waals surface area contributed by atoms with E-state index in [1.807, 2.05) is 18.2 Å². The smallest absolute Gasteiger partial charge is 0.224 e. The molecule has 160 valence electrons. The van der Waals surface area contributed by atoms with E-state index >= 15 is 0 Å². The van der Waals surface area contributed by atoms with Crippen LogP contribution in [0.4, 0.5) is 15.9 Å². The van der Waals surface area contributed by atoms with Crippen molar-refractivity contribution in [1.82, 2.24) is 15.3 Å². The number of primary amides is 1. The maximum absolute atomic E-state index is 14.1. The number of hydrogen-bond acceptors (Lipinski definition) is 6. The standard InChI is InChI=1S/C21H26ClFN6O/c22-21-27-10-16(23)20(29-21)28-18-15-8-12(17(18)19(25)30)7-13(15)9-26-5-4-11-2-1-3-14(24)6-11/h1-3,6,10,12-13,15,17-18,26H,4-5,7-9,24H2,(H2,25,30)(H,27,28,29)/t12-,13?,15-,17+,18-/m1/s1. The number of halogens is 2. The molecule has 0 spiro atoms. The normalized spacial score (nSPS) is 27.3. The van der Waals surface area contributed by atoms with Crippen LogP contribution in [0, 0.1) is 29.5 Å². The number of nitrogens with one attached hydrogen (secondary N) is 2. The van der Waals surface area contributed by atoms with Crippen LogP contribution >= 0.6 is 11.6 Å². The molecular weight excluding hydrogens is 407 g/mol. The number of carbonyl (C=O) groups excluding carboxylic acids is 1. The quantitative estimate of drug-likeness (QED) is 0.288. The second kappa shape index (κ2) is 8.73. The van der Waals surface area contributed by atoms with E-state index in [4.69, 9.17) is 23.1 Å². The van der Waals surface area contributed by atoms with Crippen molar-refractivity contribution in [2.24, 2.45) is 29.4 Å². The van der Waals surface area contributed by atoms with E-state index in [1.54, 1.807) is 0 Å². The van der Waals surface area contributed by atoms with Crippen molar-refractivity contribution in [2.45, 2.75) is 25.3 Å². The number of rotatable bonds is 8. The molecule has 2 aromatic rings. The van der Waals surface area contributed by atoms with Gasteiger partial charge in [-0.05, 0) is 79.4 Å². The molecule has 6 N–H and O–H groups in total. The highest BCUT2D eigenvalue weighted by Gasteiger charge is 2.54. The summed E-state index contributed by atoms with van der Waals surface area (Å²) < 4.78 is 14.1.